The van der Waals surface area contributed by atoms with E-state index in [0.717, 1.165) is 16.5 Å². The van der Waals surface area contributed by atoms with Crippen LogP contribution in [0.4, 0.5) is 0 Å². The molecule has 1 unspecified atom stereocenters. The number of nitrogens with one attached hydrogen (secondary N) is 2. The molecule has 0 aromatic heterocycles. The van der Waals surface area contributed by atoms with E-state index in [1.165, 1.54) is 0 Å². The van der Waals surface area contributed by atoms with Crippen LogP contribution in [0.25, 0.3) is 10.8 Å². The summed E-state index contributed by atoms with van der Waals surface area (Å²) in [6, 6.07) is 30.4. The lowest BCUT2D eigenvalue weighted by Gasteiger charge is -2.19. The average molecular weight is 445 g/mol. The number of sulfonamides is 1. The van der Waals surface area contributed by atoms with Crippen LogP contribution in [0.5, 0.6) is 0 Å². The van der Waals surface area contributed by atoms with Gasteiger partial charge in [0, 0.05) is 11.9 Å². The van der Waals surface area contributed by atoms with Crippen LogP contribution in [-0.2, 0) is 27.8 Å². The van der Waals surface area contributed by atoms with E-state index >= 15 is 0 Å². The van der Waals surface area contributed by atoms with E-state index in [9.17, 15) is 13.2 Å². The Morgan fingerprint density at radius 1 is 0.719 bits per heavy atom. The molecule has 6 heteroatoms. The first-order chi connectivity index (χ1) is 15.5. The maximum Gasteiger partial charge on any atom is 0.241 e. The quantitative estimate of drug-likeness (QED) is 0.431. The Kier molecular flexibility index (Phi) is 6.63. The maximum atomic E-state index is 13.3. The first kappa shape index (κ1) is 21.7. The third kappa shape index (κ3) is 5.22. The Morgan fingerprint density at radius 2 is 1.31 bits per heavy atom. The highest BCUT2D eigenvalue weighted by molar-refractivity contribution is 7.89. The summed E-state index contributed by atoms with van der Waals surface area (Å²) in [4.78, 5) is 13.2. The molecule has 1 amide bonds. The third-order valence-electron chi connectivity index (χ3n) is 5.25. The van der Waals surface area contributed by atoms with Gasteiger partial charge >= 0.3 is 0 Å². The topological polar surface area (TPSA) is 75.3 Å². The third-order valence-corrected chi connectivity index (χ3v) is 6.78. The van der Waals surface area contributed by atoms with E-state index < -0.39 is 16.1 Å². The minimum absolute atomic E-state index is 0.157. The Morgan fingerprint density at radius 3 is 2.03 bits per heavy atom. The molecule has 0 bridgehead atoms. The number of amides is 1. The summed E-state index contributed by atoms with van der Waals surface area (Å²) in [5.74, 6) is -0.374. The molecule has 4 rings (SSSR count). The molecule has 1 atom stereocenters. The van der Waals surface area contributed by atoms with Crippen LogP contribution in [0, 0.1) is 0 Å². The van der Waals surface area contributed by atoms with E-state index in [0.29, 0.717) is 11.9 Å². The van der Waals surface area contributed by atoms with Crippen LogP contribution in [-0.4, -0.2) is 20.4 Å². The highest BCUT2D eigenvalue weighted by Gasteiger charge is 2.27. The summed E-state index contributed by atoms with van der Waals surface area (Å²) < 4.78 is 29.3. The minimum atomic E-state index is -3.94. The first-order valence-electron chi connectivity index (χ1n) is 10.4. The van der Waals surface area contributed by atoms with Gasteiger partial charge in [0.05, 0.1) is 4.90 Å². The van der Waals surface area contributed by atoms with Gasteiger partial charge in [-0.05, 0) is 29.0 Å². The number of rotatable bonds is 8. The summed E-state index contributed by atoms with van der Waals surface area (Å²) in [5.41, 5.74) is 1.81. The molecule has 0 aliphatic rings. The maximum absolute atomic E-state index is 13.3. The van der Waals surface area contributed by atoms with Crippen molar-refractivity contribution in [1.82, 2.24) is 10.0 Å². The van der Waals surface area contributed by atoms with E-state index in [4.69, 9.17) is 0 Å². The molecule has 4 aromatic carbocycles. The van der Waals surface area contributed by atoms with Crippen LogP contribution < -0.4 is 10.0 Å². The van der Waals surface area contributed by atoms with Crippen molar-refractivity contribution < 1.29 is 13.2 Å². The summed E-state index contributed by atoms with van der Waals surface area (Å²) in [6.45, 7) is 0.320. The summed E-state index contributed by atoms with van der Waals surface area (Å²) in [6.07, 6.45) is 0.242. The monoisotopic (exact) mass is 444 g/mol. The van der Waals surface area contributed by atoms with Gasteiger partial charge in [-0.3, -0.25) is 4.79 Å². The van der Waals surface area contributed by atoms with E-state index in [2.05, 4.69) is 10.0 Å². The molecule has 162 valence electrons. The standard InChI is InChI=1S/C26H24N2O3S/c29-26(27-19-21-12-5-2-6-13-21)24(18-20-10-3-1-4-11-20)28-32(30,31)25-17-9-15-22-14-7-8-16-23(22)25/h1-17,24,28H,18-19H2,(H,27,29). The summed E-state index contributed by atoms with van der Waals surface area (Å²) in [7, 11) is -3.94. The van der Waals surface area contributed by atoms with Crippen LogP contribution in [0.15, 0.2) is 108 Å². The predicted molar refractivity (Wildman–Crippen MR) is 126 cm³/mol. The molecule has 0 saturated heterocycles. The molecule has 0 heterocycles. The van der Waals surface area contributed by atoms with Gasteiger partial charge in [0.2, 0.25) is 15.9 Å². The number of hydrogen-bond acceptors (Lipinski definition) is 3. The van der Waals surface area contributed by atoms with Crippen molar-refractivity contribution in [2.45, 2.75) is 23.9 Å². The second-order valence-electron chi connectivity index (χ2n) is 7.54. The van der Waals surface area contributed by atoms with Gasteiger partial charge in [-0.15, -0.1) is 0 Å². The van der Waals surface area contributed by atoms with Crippen LogP contribution in [0.1, 0.15) is 11.1 Å². The lowest BCUT2D eigenvalue weighted by atomic mass is 10.1. The zero-order chi connectivity index (χ0) is 22.4. The van der Waals surface area contributed by atoms with Crippen molar-refractivity contribution in [2.75, 3.05) is 0 Å². The highest BCUT2D eigenvalue weighted by atomic mass is 32.2. The van der Waals surface area contributed by atoms with Crippen molar-refractivity contribution in [3.05, 3.63) is 114 Å². The van der Waals surface area contributed by atoms with Gasteiger partial charge < -0.3 is 5.32 Å². The SMILES string of the molecule is O=C(NCc1ccccc1)C(Cc1ccccc1)NS(=O)(=O)c1cccc2ccccc12. The Hall–Kier alpha value is -3.48. The normalized spacial score (nSPS) is 12.4. The van der Waals surface area contributed by atoms with Gasteiger partial charge in [0.25, 0.3) is 0 Å². The molecule has 0 aliphatic carbocycles. The van der Waals surface area contributed by atoms with Crippen LogP contribution >= 0.6 is 0 Å². The fourth-order valence-electron chi connectivity index (χ4n) is 3.63. The molecule has 4 aromatic rings. The van der Waals surface area contributed by atoms with Crippen molar-refractivity contribution in [1.29, 1.82) is 0 Å². The van der Waals surface area contributed by atoms with Gasteiger partial charge in [-0.2, -0.15) is 4.72 Å². The van der Waals surface area contributed by atoms with Crippen molar-refractivity contribution in [3.8, 4) is 0 Å². The van der Waals surface area contributed by atoms with Gasteiger partial charge in [0.15, 0.2) is 0 Å². The zero-order valence-electron chi connectivity index (χ0n) is 17.4. The highest BCUT2D eigenvalue weighted by Crippen LogP contribution is 2.23. The van der Waals surface area contributed by atoms with Crippen molar-refractivity contribution in [2.24, 2.45) is 0 Å². The number of benzene rings is 4. The lowest BCUT2D eigenvalue weighted by molar-refractivity contribution is -0.122. The number of hydrogen-bond donors (Lipinski definition) is 2. The Labute approximate surface area is 188 Å². The Bertz CT molecular complexity index is 1300. The molecule has 5 nitrogen and oxygen atoms in total. The smallest absolute Gasteiger partial charge is 0.241 e. The van der Waals surface area contributed by atoms with Crippen LogP contribution in [0.3, 0.4) is 0 Å². The molecule has 0 spiro atoms. The van der Waals surface area contributed by atoms with E-state index in [1.54, 1.807) is 24.3 Å². The molecule has 0 radical (unpaired) electrons. The number of carbonyl (C=O) groups is 1. The van der Waals surface area contributed by atoms with Gasteiger partial charge in [0.1, 0.15) is 6.04 Å². The fraction of sp³-hybridized carbons (Fsp3) is 0.115. The Balaban J connectivity index is 1.60. The van der Waals surface area contributed by atoms with E-state index in [1.807, 2.05) is 78.9 Å². The molecule has 0 aliphatic heterocycles. The fourth-order valence-corrected chi connectivity index (χ4v) is 5.05. The average Bonchev–Trinajstić information content (AvgIpc) is 2.83. The van der Waals surface area contributed by atoms with E-state index in [-0.39, 0.29) is 17.2 Å². The minimum Gasteiger partial charge on any atom is -0.351 e. The second kappa shape index (κ2) is 9.77. The number of fused-ring (bicyclic) bond motifs is 1. The summed E-state index contributed by atoms with van der Waals surface area (Å²) >= 11 is 0. The lowest BCUT2D eigenvalue weighted by Crippen LogP contribution is -2.47. The molecular formula is C26H24N2O3S. The second-order valence-corrected chi connectivity index (χ2v) is 9.23. The van der Waals surface area contributed by atoms with Gasteiger partial charge in [-0.25, -0.2) is 8.42 Å². The van der Waals surface area contributed by atoms with Gasteiger partial charge in [-0.1, -0.05) is 97.1 Å². The molecular weight excluding hydrogens is 420 g/mol. The summed E-state index contributed by atoms with van der Waals surface area (Å²) in [5, 5.41) is 4.30. The van der Waals surface area contributed by atoms with Crippen molar-refractivity contribution >= 4 is 26.7 Å². The largest absolute Gasteiger partial charge is 0.351 e. The van der Waals surface area contributed by atoms with Crippen molar-refractivity contribution in [3.63, 3.8) is 0 Å². The van der Waals surface area contributed by atoms with Crippen LogP contribution in [0.2, 0.25) is 0 Å². The zero-order valence-corrected chi connectivity index (χ0v) is 18.3. The molecule has 2 N–H and O–H groups in total. The molecule has 0 fully saturated rings. The predicted octanol–water partition coefficient (Wildman–Crippen LogP) is 4.05. The number of carbonyl (C=O) groups excluding carboxylic acids is 1. The first-order valence-corrected chi connectivity index (χ1v) is 11.9. The molecule has 32 heavy (non-hydrogen) atoms. The molecule has 0 saturated carbocycles.